The molecule has 0 amide bonds. The molecule has 0 saturated carbocycles. The van der Waals surface area contributed by atoms with Crippen molar-refractivity contribution in [3.05, 3.63) is 29.3 Å². The van der Waals surface area contributed by atoms with Crippen LogP contribution in [0.25, 0.3) is 0 Å². The Balaban J connectivity index is 3.08. The first-order valence-electron chi connectivity index (χ1n) is 4.55. The molecule has 0 radical (unpaired) electrons. The van der Waals surface area contributed by atoms with Gasteiger partial charge in [-0.25, -0.2) is 0 Å². The van der Waals surface area contributed by atoms with Crippen molar-refractivity contribution < 1.29 is 14.3 Å². The molecule has 3 nitrogen and oxygen atoms in total. The zero-order chi connectivity index (χ0) is 11.4. The summed E-state index contributed by atoms with van der Waals surface area (Å²) >= 11 is 5.34. The Hall–Kier alpha value is -1.35. The van der Waals surface area contributed by atoms with E-state index in [1.165, 1.54) is 13.0 Å². The minimum absolute atomic E-state index is 0.380. The Kier molecular flexibility index (Phi) is 3.86. The molecule has 0 aliphatic carbocycles. The molecular weight excluding hydrogens is 216 g/mol. The number of ether oxygens (including phenoxy) is 1. The number of esters is 1. The second-order valence-electron chi connectivity index (χ2n) is 3.04. The quantitative estimate of drug-likeness (QED) is 0.452. The van der Waals surface area contributed by atoms with Crippen molar-refractivity contribution in [2.24, 2.45) is 0 Å². The highest BCUT2D eigenvalue weighted by Gasteiger charge is 2.08. The lowest BCUT2D eigenvalue weighted by molar-refractivity contribution is -0.131. The zero-order valence-electron chi connectivity index (χ0n) is 8.54. The van der Waals surface area contributed by atoms with Crippen molar-refractivity contribution in [2.75, 3.05) is 0 Å². The smallest absolute Gasteiger partial charge is 0.308 e. The molecule has 0 saturated heterocycles. The molecule has 0 aromatic heterocycles. The van der Waals surface area contributed by atoms with Crippen molar-refractivity contribution in [2.45, 2.75) is 20.3 Å². The lowest BCUT2D eigenvalue weighted by atomic mass is 10.1. The van der Waals surface area contributed by atoms with Gasteiger partial charge in [0, 0.05) is 12.5 Å². The topological polar surface area (TPSA) is 43.4 Å². The van der Waals surface area contributed by atoms with Gasteiger partial charge in [-0.3, -0.25) is 9.59 Å². The molecule has 0 N–H and O–H groups in total. The van der Waals surface area contributed by atoms with Gasteiger partial charge in [-0.2, -0.15) is 0 Å². The second kappa shape index (κ2) is 4.94. The predicted octanol–water partition coefficient (Wildman–Crippen LogP) is 2.55. The fourth-order valence-electron chi connectivity index (χ4n) is 1.23. The van der Waals surface area contributed by atoms with Gasteiger partial charge in [-0.05, 0) is 41.8 Å². The van der Waals surface area contributed by atoms with Crippen LogP contribution < -0.4 is 4.74 Å². The molecule has 0 atom stereocenters. The van der Waals surface area contributed by atoms with E-state index < -0.39 is 5.24 Å². The van der Waals surface area contributed by atoms with Crippen LogP contribution in [0.4, 0.5) is 0 Å². The van der Waals surface area contributed by atoms with Crippen LogP contribution in [0.2, 0.25) is 0 Å². The average molecular weight is 227 g/mol. The van der Waals surface area contributed by atoms with Gasteiger partial charge < -0.3 is 4.74 Å². The summed E-state index contributed by atoms with van der Waals surface area (Å²) < 4.78 is 4.98. The van der Waals surface area contributed by atoms with Gasteiger partial charge in [-0.15, -0.1) is 0 Å². The van der Waals surface area contributed by atoms with Gasteiger partial charge in [0.15, 0.2) is 0 Å². The number of hydrogen-bond donors (Lipinski definition) is 0. The average Bonchev–Trinajstić information content (AvgIpc) is 2.17. The fraction of sp³-hybridized carbons (Fsp3) is 0.273. The molecule has 15 heavy (non-hydrogen) atoms. The number of carbonyl (C=O) groups excluding carboxylic acids is 2. The number of halogens is 1. The molecule has 0 heterocycles. The first-order chi connectivity index (χ1) is 7.04. The van der Waals surface area contributed by atoms with E-state index in [1.807, 2.05) is 6.92 Å². The maximum Gasteiger partial charge on any atom is 0.308 e. The van der Waals surface area contributed by atoms with Crippen LogP contribution in [0, 0.1) is 0 Å². The van der Waals surface area contributed by atoms with Crippen molar-refractivity contribution in [3.63, 3.8) is 0 Å². The number of aryl methyl sites for hydroxylation is 1. The summed E-state index contributed by atoms with van der Waals surface area (Å²) in [6.07, 6.45) is 0.667. The third kappa shape index (κ3) is 3.06. The maximum absolute atomic E-state index is 10.9. The summed E-state index contributed by atoms with van der Waals surface area (Å²) in [7, 11) is 0. The number of hydrogen-bond acceptors (Lipinski definition) is 3. The molecule has 80 valence electrons. The van der Waals surface area contributed by atoms with Crippen LogP contribution in [-0.2, 0) is 11.2 Å². The minimum Gasteiger partial charge on any atom is -0.426 e. The highest BCUT2D eigenvalue weighted by Crippen LogP contribution is 2.21. The van der Waals surface area contributed by atoms with Crippen LogP contribution >= 0.6 is 11.6 Å². The third-order valence-electron chi connectivity index (χ3n) is 1.92. The van der Waals surface area contributed by atoms with Gasteiger partial charge in [0.1, 0.15) is 5.75 Å². The van der Waals surface area contributed by atoms with Crippen molar-refractivity contribution in [1.29, 1.82) is 0 Å². The van der Waals surface area contributed by atoms with E-state index in [0.717, 1.165) is 5.56 Å². The van der Waals surface area contributed by atoms with Crippen LogP contribution in [0.1, 0.15) is 29.8 Å². The molecule has 0 aliphatic rings. The molecule has 0 unspecified atom stereocenters. The summed E-state index contributed by atoms with van der Waals surface area (Å²) in [5.41, 5.74) is 1.20. The first-order valence-corrected chi connectivity index (χ1v) is 4.93. The highest BCUT2D eigenvalue weighted by atomic mass is 35.5. The van der Waals surface area contributed by atoms with E-state index in [4.69, 9.17) is 16.3 Å². The molecule has 0 fully saturated rings. The predicted molar refractivity (Wildman–Crippen MR) is 57.3 cm³/mol. The molecule has 0 bridgehead atoms. The molecular formula is C11H11ClO3. The molecule has 4 heteroatoms. The number of rotatable bonds is 3. The lowest BCUT2D eigenvalue weighted by Gasteiger charge is -2.07. The Morgan fingerprint density at radius 1 is 1.40 bits per heavy atom. The van der Waals surface area contributed by atoms with Crippen molar-refractivity contribution in [3.8, 4) is 5.75 Å². The first kappa shape index (κ1) is 11.7. The zero-order valence-corrected chi connectivity index (χ0v) is 9.30. The Bertz CT molecular complexity index is 399. The summed E-state index contributed by atoms with van der Waals surface area (Å²) in [4.78, 5) is 21.7. The highest BCUT2D eigenvalue weighted by molar-refractivity contribution is 6.67. The van der Waals surface area contributed by atoms with Crippen LogP contribution in [0.3, 0.4) is 0 Å². The summed E-state index contributed by atoms with van der Waals surface area (Å²) in [6.45, 7) is 3.24. The summed E-state index contributed by atoms with van der Waals surface area (Å²) in [6, 6.07) is 4.75. The molecule has 1 rings (SSSR count). The van der Waals surface area contributed by atoms with Crippen LogP contribution in [-0.4, -0.2) is 11.2 Å². The third-order valence-corrected chi connectivity index (χ3v) is 2.14. The minimum atomic E-state index is -0.515. The van der Waals surface area contributed by atoms with Gasteiger partial charge >= 0.3 is 5.97 Å². The van der Waals surface area contributed by atoms with E-state index in [1.54, 1.807) is 12.1 Å². The SMILES string of the molecule is CCc1cc(C(=O)Cl)ccc1OC(C)=O. The van der Waals surface area contributed by atoms with E-state index >= 15 is 0 Å². The van der Waals surface area contributed by atoms with E-state index in [9.17, 15) is 9.59 Å². The standard InChI is InChI=1S/C11H11ClO3/c1-3-8-6-9(11(12)14)4-5-10(8)15-7(2)13/h4-6H,3H2,1-2H3. The van der Waals surface area contributed by atoms with E-state index in [-0.39, 0.29) is 5.97 Å². The summed E-state index contributed by atoms with van der Waals surface area (Å²) in [5, 5.41) is -0.515. The van der Waals surface area contributed by atoms with Crippen LogP contribution in [0.5, 0.6) is 5.75 Å². The van der Waals surface area contributed by atoms with E-state index in [0.29, 0.717) is 17.7 Å². The Morgan fingerprint density at radius 3 is 2.53 bits per heavy atom. The maximum atomic E-state index is 10.9. The van der Waals surface area contributed by atoms with Gasteiger partial charge in [0.05, 0.1) is 0 Å². The number of benzene rings is 1. The van der Waals surface area contributed by atoms with Gasteiger partial charge in [0.2, 0.25) is 0 Å². The van der Waals surface area contributed by atoms with Gasteiger partial charge in [-0.1, -0.05) is 6.92 Å². The van der Waals surface area contributed by atoms with E-state index in [2.05, 4.69) is 0 Å². The summed E-state index contributed by atoms with van der Waals surface area (Å²) in [5.74, 6) is 0.0984. The van der Waals surface area contributed by atoms with Crippen molar-refractivity contribution >= 4 is 22.8 Å². The monoisotopic (exact) mass is 226 g/mol. The van der Waals surface area contributed by atoms with Gasteiger partial charge in [0.25, 0.3) is 5.24 Å². The molecule has 0 spiro atoms. The fourth-order valence-corrected chi connectivity index (χ4v) is 1.35. The molecule has 1 aromatic carbocycles. The number of carbonyl (C=O) groups is 2. The largest absolute Gasteiger partial charge is 0.426 e. The lowest BCUT2D eigenvalue weighted by Crippen LogP contribution is -2.04. The molecule has 0 aliphatic heterocycles. The van der Waals surface area contributed by atoms with Crippen LogP contribution in [0.15, 0.2) is 18.2 Å². The normalized spacial score (nSPS) is 9.80. The van der Waals surface area contributed by atoms with Crippen molar-refractivity contribution in [1.82, 2.24) is 0 Å². The molecule has 1 aromatic rings. The second-order valence-corrected chi connectivity index (χ2v) is 3.39. The Morgan fingerprint density at radius 2 is 2.07 bits per heavy atom. The Labute approximate surface area is 93.0 Å².